The van der Waals surface area contributed by atoms with E-state index in [1.807, 2.05) is 11.0 Å². The second-order valence-electron chi connectivity index (χ2n) is 5.93. The van der Waals surface area contributed by atoms with E-state index in [4.69, 9.17) is 5.11 Å². The van der Waals surface area contributed by atoms with Crippen molar-refractivity contribution in [3.63, 3.8) is 0 Å². The zero-order valence-corrected chi connectivity index (χ0v) is 13.2. The van der Waals surface area contributed by atoms with Crippen molar-refractivity contribution in [2.75, 3.05) is 25.0 Å². The van der Waals surface area contributed by atoms with Gasteiger partial charge in [-0.3, -0.25) is 9.59 Å². The van der Waals surface area contributed by atoms with Crippen LogP contribution in [0, 0.1) is 5.92 Å². The predicted molar refractivity (Wildman–Crippen MR) is 81.5 cm³/mol. The van der Waals surface area contributed by atoms with E-state index in [9.17, 15) is 22.8 Å². The maximum Gasteiger partial charge on any atom is 0.471 e. The van der Waals surface area contributed by atoms with Crippen LogP contribution in [-0.4, -0.2) is 48.2 Å². The number of alkyl halides is 3. The van der Waals surface area contributed by atoms with E-state index in [0.717, 1.165) is 12.7 Å². The molecule has 1 aromatic rings. The lowest BCUT2D eigenvalue weighted by atomic mass is 9.96. The van der Waals surface area contributed by atoms with E-state index < -0.39 is 18.1 Å². The van der Waals surface area contributed by atoms with Crippen molar-refractivity contribution in [3.05, 3.63) is 29.8 Å². The first-order valence-electron chi connectivity index (χ1n) is 7.57. The number of piperidine rings is 1. The van der Waals surface area contributed by atoms with Gasteiger partial charge in [0.1, 0.15) is 0 Å². The molecule has 0 spiro atoms. The number of aliphatic carboxylic acids is 1. The molecule has 0 atom stereocenters. The average Bonchev–Trinajstić information content (AvgIpc) is 2.53. The molecule has 1 fully saturated rings. The highest BCUT2D eigenvalue weighted by molar-refractivity contribution is 5.81. The minimum atomic E-state index is -4.88. The molecule has 24 heavy (non-hydrogen) atoms. The monoisotopic (exact) mass is 344 g/mol. The number of halogens is 3. The largest absolute Gasteiger partial charge is 0.481 e. The third-order valence-electron chi connectivity index (χ3n) is 4.13. The highest BCUT2D eigenvalue weighted by Gasteiger charge is 2.41. The molecule has 1 aliphatic heterocycles. The zero-order chi connectivity index (χ0) is 17.9. The summed E-state index contributed by atoms with van der Waals surface area (Å²) < 4.78 is 37.3. The molecule has 132 valence electrons. The van der Waals surface area contributed by atoms with Crippen LogP contribution in [0.5, 0.6) is 0 Å². The minimum absolute atomic E-state index is 0.141. The SMILES string of the molecule is CN(Cc1cccc(N2CCC(C(=O)O)CC2)c1)C(=O)C(F)(F)F. The molecule has 8 heteroatoms. The quantitative estimate of drug-likeness (QED) is 0.912. The summed E-state index contributed by atoms with van der Waals surface area (Å²) in [6, 6.07) is 6.95. The number of rotatable bonds is 4. The number of anilines is 1. The summed E-state index contributed by atoms with van der Waals surface area (Å²) in [5, 5.41) is 9.01. The summed E-state index contributed by atoms with van der Waals surface area (Å²) >= 11 is 0. The van der Waals surface area contributed by atoms with Crippen molar-refractivity contribution in [1.29, 1.82) is 0 Å². The van der Waals surface area contributed by atoms with Gasteiger partial charge in [-0.1, -0.05) is 12.1 Å². The number of amides is 1. The Hall–Kier alpha value is -2.25. The molecule has 1 aromatic carbocycles. The zero-order valence-electron chi connectivity index (χ0n) is 13.2. The second kappa shape index (κ2) is 7.11. The molecule has 0 saturated carbocycles. The summed E-state index contributed by atoms with van der Waals surface area (Å²) in [4.78, 5) is 24.8. The van der Waals surface area contributed by atoms with Crippen molar-refractivity contribution in [3.8, 4) is 0 Å². The topological polar surface area (TPSA) is 60.9 Å². The molecule has 2 rings (SSSR count). The van der Waals surface area contributed by atoms with E-state index in [0.29, 0.717) is 36.4 Å². The van der Waals surface area contributed by atoms with Crippen LogP contribution < -0.4 is 4.90 Å². The minimum Gasteiger partial charge on any atom is -0.481 e. The van der Waals surface area contributed by atoms with E-state index >= 15 is 0 Å². The Morgan fingerprint density at radius 1 is 1.29 bits per heavy atom. The normalized spacial score (nSPS) is 16.1. The van der Waals surface area contributed by atoms with Gasteiger partial charge in [0.2, 0.25) is 0 Å². The summed E-state index contributed by atoms with van der Waals surface area (Å²) in [6.45, 7) is 1.02. The maximum absolute atomic E-state index is 12.4. The Labute approximate surface area is 137 Å². The molecular weight excluding hydrogens is 325 g/mol. The molecule has 0 radical (unpaired) electrons. The van der Waals surface area contributed by atoms with Crippen LogP contribution in [0.15, 0.2) is 24.3 Å². The van der Waals surface area contributed by atoms with Crippen LogP contribution in [0.25, 0.3) is 0 Å². The van der Waals surface area contributed by atoms with Crippen molar-refractivity contribution in [2.24, 2.45) is 5.92 Å². The fourth-order valence-corrected chi connectivity index (χ4v) is 2.80. The van der Waals surface area contributed by atoms with Gasteiger partial charge in [-0.05, 0) is 30.5 Å². The van der Waals surface area contributed by atoms with Gasteiger partial charge in [0, 0.05) is 32.4 Å². The van der Waals surface area contributed by atoms with Crippen molar-refractivity contribution >= 4 is 17.6 Å². The van der Waals surface area contributed by atoms with Gasteiger partial charge >= 0.3 is 18.1 Å². The van der Waals surface area contributed by atoms with Gasteiger partial charge in [0.15, 0.2) is 0 Å². The Morgan fingerprint density at radius 2 is 1.92 bits per heavy atom. The summed E-state index contributed by atoms with van der Waals surface area (Å²) in [6.07, 6.45) is -3.82. The fourth-order valence-electron chi connectivity index (χ4n) is 2.80. The van der Waals surface area contributed by atoms with Crippen LogP contribution in [0.2, 0.25) is 0 Å². The molecule has 1 N–H and O–H groups in total. The van der Waals surface area contributed by atoms with E-state index in [1.54, 1.807) is 18.2 Å². The van der Waals surface area contributed by atoms with Crippen LogP contribution in [0.1, 0.15) is 18.4 Å². The molecule has 1 aliphatic rings. The molecule has 0 unspecified atom stereocenters. The number of carbonyl (C=O) groups is 2. The summed E-state index contributed by atoms with van der Waals surface area (Å²) in [5.41, 5.74) is 1.41. The second-order valence-corrected chi connectivity index (χ2v) is 5.93. The first-order valence-corrected chi connectivity index (χ1v) is 7.57. The van der Waals surface area contributed by atoms with Gasteiger partial charge in [-0.25, -0.2) is 0 Å². The van der Waals surface area contributed by atoms with Crippen LogP contribution in [0.3, 0.4) is 0 Å². The highest BCUT2D eigenvalue weighted by atomic mass is 19.4. The van der Waals surface area contributed by atoms with E-state index in [-0.39, 0.29) is 12.5 Å². The van der Waals surface area contributed by atoms with Crippen molar-refractivity contribution < 1.29 is 27.9 Å². The van der Waals surface area contributed by atoms with Crippen LogP contribution in [0.4, 0.5) is 18.9 Å². The van der Waals surface area contributed by atoms with Gasteiger partial charge in [0.05, 0.1) is 5.92 Å². The Kier molecular flexibility index (Phi) is 5.36. The number of carboxylic acids is 1. The lowest BCUT2D eigenvalue weighted by Crippen LogP contribution is -2.38. The highest BCUT2D eigenvalue weighted by Crippen LogP contribution is 2.25. The van der Waals surface area contributed by atoms with Crippen molar-refractivity contribution in [2.45, 2.75) is 25.6 Å². The lowest BCUT2D eigenvalue weighted by molar-refractivity contribution is -0.184. The number of carboxylic acid groups (broad SMARTS) is 1. The number of carbonyl (C=O) groups excluding carboxylic acids is 1. The first kappa shape index (κ1) is 18.1. The number of benzene rings is 1. The smallest absolute Gasteiger partial charge is 0.471 e. The number of hydrogen-bond acceptors (Lipinski definition) is 3. The predicted octanol–water partition coefficient (Wildman–Crippen LogP) is 2.51. The van der Waals surface area contributed by atoms with Gasteiger partial charge < -0.3 is 14.9 Å². The molecule has 1 saturated heterocycles. The average molecular weight is 344 g/mol. The first-order chi connectivity index (χ1) is 11.2. The fraction of sp³-hybridized carbons (Fsp3) is 0.500. The summed E-state index contributed by atoms with van der Waals surface area (Å²) in [5.74, 6) is -3.02. The Balaban J connectivity index is 2.02. The molecule has 0 aromatic heterocycles. The summed E-state index contributed by atoms with van der Waals surface area (Å²) in [7, 11) is 1.11. The van der Waals surface area contributed by atoms with E-state index in [2.05, 4.69) is 0 Å². The molecule has 1 heterocycles. The van der Waals surface area contributed by atoms with Crippen LogP contribution >= 0.6 is 0 Å². The van der Waals surface area contributed by atoms with Gasteiger partial charge in [0.25, 0.3) is 0 Å². The maximum atomic E-state index is 12.4. The Morgan fingerprint density at radius 3 is 2.46 bits per heavy atom. The van der Waals surface area contributed by atoms with Crippen molar-refractivity contribution in [1.82, 2.24) is 4.90 Å². The molecular formula is C16H19F3N2O3. The Bertz CT molecular complexity index is 611. The van der Waals surface area contributed by atoms with Gasteiger partial charge in [-0.15, -0.1) is 0 Å². The number of hydrogen-bond donors (Lipinski definition) is 1. The van der Waals surface area contributed by atoms with E-state index in [1.165, 1.54) is 0 Å². The third kappa shape index (κ3) is 4.39. The number of nitrogens with zero attached hydrogens (tertiary/aromatic N) is 2. The molecule has 0 bridgehead atoms. The van der Waals surface area contributed by atoms with Gasteiger partial charge in [-0.2, -0.15) is 13.2 Å². The third-order valence-corrected chi connectivity index (χ3v) is 4.13. The standard InChI is InChI=1S/C16H19F3N2O3/c1-20(15(24)16(17,18)19)10-11-3-2-4-13(9-11)21-7-5-12(6-8-21)14(22)23/h2-4,9,12H,5-8,10H2,1H3,(H,22,23). The lowest BCUT2D eigenvalue weighted by Gasteiger charge is -2.32. The van der Waals surface area contributed by atoms with Crippen LogP contribution in [-0.2, 0) is 16.1 Å². The molecule has 1 amide bonds. The molecule has 5 nitrogen and oxygen atoms in total. The molecule has 0 aliphatic carbocycles.